The molecule has 0 N–H and O–H groups in total. The zero-order valence-electron chi connectivity index (χ0n) is 21.9. The fraction of sp³-hybridized carbons (Fsp3) is 0.0556. The van der Waals surface area contributed by atoms with Crippen LogP contribution < -0.4 is 0 Å². The van der Waals surface area contributed by atoms with E-state index in [9.17, 15) is 5.26 Å². The summed E-state index contributed by atoms with van der Waals surface area (Å²) < 4.78 is 0. The lowest BCUT2D eigenvalue weighted by Crippen LogP contribution is -2.04. The smallest absolute Gasteiger partial charge is 0.165 e. The van der Waals surface area contributed by atoms with Gasteiger partial charge in [-0.1, -0.05) is 115 Å². The molecule has 1 unspecified atom stereocenters. The highest BCUT2D eigenvalue weighted by molar-refractivity contribution is 5.82. The van der Waals surface area contributed by atoms with E-state index in [1.807, 2.05) is 66.7 Å². The molecular weight excluding hydrogens is 488 g/mol. The average Bonchev–Trinajstić information content (AvgIpc) is 3.35. The highest BCUT2D eigenvalue weighted by Crippen LogP contribution is 2.48. The van der Waals surface area contributed by atoms with Gasteiger partial charge in [0.25, 0.3) is 0 Å². The predicted octanol–water partition coefficient (Wildman–Crippen LogP) is 8.21. The van der Waals surface area contributed by atoms with Crippen molar-refractivity contribution in [2.45, 2.75) is 12.8 Å². The van der Waals surface area contributed by atoms with E-state index in [4.69, 9.17) is 15.0 Å². The maximum atomic E-state index is 10.1. The van der Waals surface area contributed by atoms with Crippen molar-refractivity contribution < 1.29 is 0 Å². The summed E-state index contributed by atoms with van der Waals surface area (Å²) in [6.45, 7) is 2.13. The van der Waals surface area contributed by atoms with Gasteiger partial charge in [0.1, 0.15) is 0 Å². The number of aryl methyl sites for hydroxylation is 1. The molecule has 7 rings (SSSR count). The maximum Gasteiger partial charge on any atom is 0.165 e. The second-order valence-electron chi connectivity index (χ2n) is 10.1. The number of hydrogen-bond acceptors (Lipinski definition) is 4. The third-order valence-corrected chi connectivity index (χ3v) is 7.52. The molecule has 0 aliphatic heterocycles. The van der Waals surface area contributed by atoms with E-state index in [0.29, 0.717) is 28.6 Å². The second kappa shape index (κ2) is 9.72. The second-order valence-corrected chi connectivity index (χ2v) is 10.1. The molecule has 188 valence electrons. The summed E-state index contributed by atoms with van der Waals surface area (Å²) in [4.78, 5) is 14.6. The molecule has 1 aliphatic carbocycles. The first kappa shape index (κ1) is 23.7. The molecule has 4 nitrogen and oxygen atoms in total. The lowest BCUT2D eigenvalue weighted by Gasteiger charge is -2.17. The van der Waals surface area contributed by atoms with Gasteiger partial charge in [0.05, 0.1) is 11.6 Å². The molecule has 0 saturated heterocycles. The first-order valence-electron chi connectivity index (χ1n) is 13.3. The van der Waals surface area contributed by atoms with E-state index in [1.54, 1.807) is 0 Å². The van der Waals surface area contributed by atoms with Crippen LogP contribution in [-0.4, -0.2) is 15.0 Å². The molecular formula is C36H24N4. The van der Waals surface area contributed by atoms with Crippen molar-refractivity contribution in [1.82, 2.24) is 15.0 Å². The fourth-order valence-corrected chi connectivity index (χ4v) is 5.63. The van der Waals surface area contributed by atoms with E-state index in [1.165, 1.54) is 27.8 Å². The van der Waals surface area contributed by atoms with Gasteiger partial charge < -0.3 is 0 Å². The van der Waals surface area contributed by atoms with Gasteiger partial charge >= 0.3 is 0 Å². The lowest BCUT2D eigenvalue weighted by molar-refractivity contribution is 1.01. The van der Waals surface area contributed by atoms with Gasteiger partial charge in [-0.2, -0.15) is 5.26 Å². The highest BCUT2D eigenvalue weighted by atomic mass is 15.0. The van der Waals surface area contributed by atoms with Gasteiger partial charge in [0.15, 0.2) is 17.5 Å². The van der Waals surface area contributed by atoms with Gasteiger partial charge in [-0.15, -0.1) is 0 Å². The Hall–Kier alpha value is -5.40. The third-order valence-electron chi connectivity index (χ3n) is 7.52. The van der Waals surface area contributed by atoms with Gasteiger partial charge in [-0.05, 0) is 46.9 Å². The Bertz CT molecular complexity index is 1860. The Morgan fingerprint density at radius 3 is 1.82 bits per heavy atom. The summed E-state index contributed by atoms with van der Waals surface area (Å²) in [5.41, 5.74) is 10.4. The number of nitriles is 1. The molecule has 6 aromatic rings. The molecule has 1 heterocycles. The van der Waals surface area contributed by atoms with Crippen LogP contribution in [0.1, 0.15) is 33.7 Å². The van der Waals surface area contributed by atoms with Crippen LogP contribution in [0, 0.1) is 18.3 Å². The van der Waals surface area contributed by atoms with Crippen LogP contribution in [0.25, 0.3) is 45.3 Å². The minimum atomic E-state index is 0.0577. The predicted molar refractivity (Wildman–Crippen MR) is 158 cm³/mol. The van der Waals surface area contributed by atoms with E-state index in [2.05, 4.69) is 67.6 Å². The summed E-state index contributed by atoms with van der Waals surface area (Å²) in [7, 11) is 0. The summed E-state index contributed by atoms with van der Waals surface area (Å²) in [5.74, 6) is 1.69. The first-order valence-corrected chi connectivity index (χ1v) is 13.3. The van der Waals surface area contributed by atoms with Crippen molar-refractivity contribution in [3.05, 3.63) is 149 Å². The highest BCUT2D eigenvalue weighted by Gasteiger charge is 2.30. The Labute approximate surface area is 233 Å². The molecule has 0 spiro atoms. The van der Waals surface area contributed by atoms with Crippen molar-refractivity contribution in [2.75, 3.05) is 0 Å². The molecule has 0 bridgehead atoms. The molecule has 4 heteroatoms. The monoisotopic (exact) mass is 512 g/mol. The van der Waals surface area contributed by atoms with Crippen molar-refractivity contribution >= 4 is 0 Å². The van der Waals surface area contributed by atoms with Crippen LogP contribution in [0.5, 0.6) is 0 Å². The van der Waals surface area contributed by atoms with E-state index in [0.717, 1.165) is 16.7 Å². The Kier molecular flexibility index (Phi) is 5.76. The molecule has 0 saturated carbocycles. The Balaban J connectivity index is 1.44. The summed E-state index contributed by atoms with van der Waals surface area (Å²) >= 11 is 0. The molecule has 0 fully saturated rings. The fourth-order valence-electron chi connectivity index (χ4n) is 5.63. The normalized spacial score (nSPS) is 13.3. The van der Waals surface area contributed by atoms with Gasteiger partial charge in [0.2, 0.25) is 0 Å². The molecule has 5 aromatic carbocycles. The van der Waals surface area contributed by atoms with Gasteiger partial charge in [-0.25, -0.2) is 15.0 Å². The Morgan fingerprint density at radius 2 is 1.15 bits per heavy atom. The largest absolute Gasteiger partial charge is 0.208 e. The summed E-state index contributed by atoms with van der Waals surface area (Å²) in [5, 5.41) is 10.1. The number of nitrogens with zero attached hydrogens (tertiary/aromatic N) is 4. The van der Waals surface area contributed by atoms with Crippen molar-refractivity contribution in [3.8, 4) is 51.4 Å². The first-order chi connectivity index (χ1) is 19.7. The molecule has 0 radical (unpaired) electrons. The van der Waals surface area contributed by atoms with Crippen LogP contribution in [0.15, 0.2) is 121 Å². The van der Waals surface area contributed by atoms with Crippen LogP contribution in [0.2, 0.25) is 0 Å². The minimum Gasteiger partial charge on any atom is -0.208 e. The minimum absolute atomic E-state index is 0.0577. The standard InChI is InChI=1S/C36H24N4/c1-23-16-19-30-32(20-23)28-14-8-9-15-29(28)33(30)26-17-18-27(22-37)31(21-26)36-39-34(24-10-4-2-5-11-24)38-35(40-36)25-12-6-3-7-13-25/h2-21,33H,1H3. The molecule has 40 heavy (non-hydrogen) atoms. The number of fused-ring (bicyclic) bond motifs is 3. The SMILES string of the molecule is Cc1ccc2c(c1)-c1ccccc1C2c1ccc(C#N)c(-c2nc(-c3ccccc3)nc(-c3ccccc3)n2)c1. The lowest BCUT2D eigenvalue weighted by atomic mass is 9.87. The summed E-state index contributed by atoms with van der Waals surface area (Å²) in [6, 6.07) is 43.5. The number of rotatable bonds is 4. The molecule has 1 aliphatic rings. The van der Waals surface area contributed by atoms with Crippen LogP contribution >= 0.6 is 0 Å². The van der Waals surface area contributed by atoms with Crippen molar-refractivity contribution in [1.29, 1.82) is 5.26 Å². The van der Waals surface area contributed by atoms with Crippen LogP contribution in [0.3, 0.4) is 0 Å². The van der Waals surface area contributed by atoms with Crippen LogP contribution in [-0.2, 0) is 0 Å². The third kappa shape index (κ3) is 4.05. The molecule has 0 amide bonds. The van der Waals surface area contributed by atoms with Gasteiger partial charge in [0, 0.05) is 22.6 Å². The van der Waals surface area contributed by atoms with Crippen LogP contribution in [0.4, 0.5) is 0 Å². The maximum absolute atomic E-state index is 10.1. The van der Waals surface area contributed by atoms with E-state index >= 15 is 0 Å². The quantitative estimate of drug-likeness (QED) is 0.238. The van der Waals surface area contributed by atoms with Crippen molar-refractivity contribution in [2.24, 2.45) is 0 Å². The van der Waals surface area contributed by atoms with Crippen molar-refractivity contribution in [3.63, 3.8) is 0 Å². The van der Waals surface area contributed by atoms with Gasteiger partial charge in [-0.3, -0.25) is 0 Å². The average molecular weight is 513 g/mol. The topological polar surface area (TPSA) is 62.5 Å². The molecule has 1 atom stereocenters. The number of aromatic nitrogens is 3. The van der Waals surface area contributed by atoms with E-state index < -0.39 is 0 Å². The number of hydrogen-bond donors (Lipinski definition) is 0. The zero-order chi connectivity index (χ0) is 27.1. The molecule has 1 aromatic heterocycles. The van der Waals surface area contributed by atoms with E-state index in [-0.39, 0.29) is 5.92 Å². The zero-order valence-corrected chi connectivity index (χ0v) is 21.9. The number of benzene rings is 5. The Morgan fingerprint density at radius 1 is 0.550 bits per heavy atom. The summed E-state index contributed by atoms with van der Waals surface area (Å²) in [6.07, 6.45) is 0.